The fourth-order valence-corrected chi connectivity index (χ4v) is 2.99. The van der Waals surface area contributed by atoms with Gasteiger partial charge in [0.2, 0.25) is 0 Å². The quantitative estimate of drug-likeness (QED) is 0.753. The molecule has 1 aromatic rings. The molecule has 0 radical (unpaired) electrons. The molecule has 112 valence electrons. The molecule has 20 heavy (non-hydrogen) atoms. The Hall–Kier alpha value is -0.870. The largest absolute Gasteiger partial charge is 0.329 e. The van der Waals surface area contributed by atoms with Gasteiger partial charge in [0.15, 0.2) is 0 Å². The summed E-state index contributed by atoms with van der Waals surface area (Å²) in [4.78, 5) is 2.64. The molecule has 1 unspecified atom stereocenters. The van der Waals surface area contributed by atoms with Gasteiger partial charge in [-0.2, -0.15) is 5.10 Å². The van der Waals surface area contributed by atoms with Crippen LogP contribution in [0.3, 0.4) is 0 Å². The number of aromatic nitrogens is 2. The minimum absolute atomic E-state index is 0.363. The summed E-state index contributed by atoms with van der Waals surface area (Å²) in [6.07, 6.45) is 11.0. The van der Waals surface area contributed by atoms with Crippen LogP contribution < -0.4 is 5.73 Å². The minimum atomic E-state index is 0.363. The number of aryl methyl sites for hydroxylation is 1. The fraction of sp³-hybridized carbons (Fsp3) is 0.812. The van der Waals surface area contributed by atoms with E-state index in [1.54, 1.807) is 0 Å². The van der Waals surface area contributed by atoms with Gasteiger partial charge >= 0.3 is 0 Å². The highest BCUT2D eigenvalue weighted by molar-refractivity contribution is 5.12. The topological polar surface area (TPSA) is 47.1 Å². The van der Waals surface area contributed by atoms with Gasteiger partial charge in [0.05, 0.1) is 12.2 Å². The molecular weight excluding hydrogens is 248 g/mol. The first-order valence-corrected chi connectivity index (χ1v) is 8.26. The lowest BCUT2D eigenvalue weighted by Gasteiger charge is -2.30. The molecule has 0 bridgehead atoms. The van der Waals surface area contributed by atoms with E-state index in [9.17, 15) is 0 Å². The van der Waals surface area contributed by atoms with Crippen molar-refractivity contribution in [2.24, 2.45) is 17.6 Å². The molecule has 0 amide bonds. The molecule has 0 aromatic carbocycles. The maximum absolute atomic E-state index is 6.10. The van der Waals surface area contributed by atoms with Gasteiger partial charge < -0.3 is 5.73 Å². The first kappa shape index (κ1) is 14.1. The molecule has 2 N–H and O–H groups in total. The van der Waals surface area contributed by atoms with Gasteiger partial charge in [-0.3, -0.25) is 9.58 Å². The summed E-state index contributed by atoms with van der Waals surface area (Å²) in [7, 11) is 0. The summed E-state index contributed by atoms with van der Waals surface area (Å²) < 4.78 is 2.06. The lowest BCUT2D eigenvalue weighted by atomic mass is 10.1. The fourth-order valence-electron chi connectivity index (χ4n) is 2.99. The van der Waals surface area contributed by atoms with Crippen molar-refractivity contribution >= 4 is 0 Å². The molecule has 1 atom stereocenters. The van der Waals surface area contributed by atoms with Crippen LogP contribution in [0.2, 0.25) is 0 Å². The molecule has 0 saturated heterocycles. The average molecular weight is 276 g/mol. The lowest BCUT2D eigenvalue weighted by molar-refractivity contribution is 0.184. The Labute approximate surface area is 122 Å². The number of nitrogens with zero attached hydrogens (tertiary/aromatic N) is 3. The Morgan fingerprint density at radius 3 is 2.45 bits per heavy atom. The summed E-state index contributed by atoms with van der Waals surface area (Å²) in [5.74, 6) is 1.85. The summed E-state index contributed by atoms with van der Waals surface area (Å²) >= 11 is 0. The molecule has 1 aromatic heterocycles. The van der Waals surface area contributed by atoms with E-state index < -0.39 is 0 Å². The Morgan fingerprint density at radius 2 is 1.95 bits per heavy atom. The van der Waals surface area contributed by atoms with Gasteiger partial charge in [-0.05, 0) is 43.9 Å². The maximum atomic E-state index is 6.10. The smallest absolute Gasteiger partial charge is 0.0538 e. The van der Waals surface area contributed by atoms with Gasteiger partial charge in [0.1, 0.15) is 0 Å². The molecule has 4 nitrogen and oxygen atoms in total. The second-order valence-corrected chi connectivity index (χ2v) is 6.63. The van der Waals surface area contributed by atoms with Gasteiger partial charge in [0.25, 0.3) is 0 Å². The first-order valence-electron chi connectivity index (χ1n) is 8.26. The van der Waals surface area contributed by atoms with Crippen LogP contribution in [-0.4, -0.2) is 34.3 Å². The van der Waals surface area contributed by atoms with E-state index in [0.29, 0.717) is 12.6 Å². The zero-order chi connectivity index (χ0) is 13.9. The average Bonchev–Trinajstić information content (AvgIpc) is 3.35. The summed E-state index contributed by atoms with van der Waals surface area (Å²) in [6, 6.07) is 0.363. The Bertz CT molecular complexity index is 406. The van der Waals surface area contributed by atoms with Crippen molar-refractivity contribution in [3.63, 3.8) is 0 Å². The third-order valence-electron chi connectivity index (χ3n) is 4.53. The molecule has 2 fully saturated rings. The van der Waals surface area contributed by atoms with E-state index in [2.05, 4.69) is 27.8 Å². The monoisotopic (exact) mass is 276 g/mol. The van der Waals surface area contributed by atoms with Gasteiger partial charge in [-0.25, -0.2) is 0 Å². The third-order valence-corrected chi connectivity index (χ3v) is 4.53. The molecule has 1 heterocycles. The molecular formula is C16H28N4. The van der Waals surface area contributed by atoms with Crippen LogP contribution in [0, 0.1) is 11.8 Å². The minimum Gasteiger partial charge on any atom is -0.329 e. The van der Waals surface area contributed by atoms with Crippen LogP contribution in [0.4, 0.5) is 0 Å². The SMILES string of the molecule is CCCn1cc(C(CN)N(CC2CC2)CC2CC2)cn1. The van der Waals surface area contributed by atoms with Crippen LogP contribution in [0.5, 0.6) is 0 Å². The van der Waals surface area contributed by atoms with Crippen LogP contribution >= 0.6 is 0 Å². The van der Waals surface area contributed by atoms with Gasteiger partial charge in [-0.15, -0.1) is 0 Å². The summed E-state index contributed by atoms with van der Waals surface area (Å²) in [5, 5.41) is 4.48. The number of nitrogens with two attached hydrogens (primary N) is 1. The van der Waals surface area contributed by atoms with Gasteiger partial charge in [0, 0.05) is 37.9 Å². The zero-order valence-electron chi connectivity index (χ0n) is 12.7. The van der Waals surface area contributed by atoms with Crippen LogP contribution in [-0.2, 0) is 6.54 Å². The van der Waals surface area contributed by atoms with Crippen molar-refractivity contribution in [2.75, 3.05) is 19.6 Å². The third kappa shape index (κ3) is 3.61. The molecule has 4 heteroatoms. The van der Waals surface area contributed by atoms with Crippen molar-refractivity contribution in [1.82, 2.24) is 14.7 Å². The predicted octanol–water partition coefficient (Wildman–Crippen LogP) is 2.41. The van der Waals surface area contributed by atoms with Crippen molar-refractivity contribution in [3.8, 4) is 0 Å². The molecule has 2 saturated carbocycles. The molecule has 2 aliphatic carbocycles. The van der Waals surface area contributed by atoms with E-state index in [1.165, 1.54) is 44.3 Å². The van der Waals surface area contributed by atoms with E-state index in [-0.39, 0.29) is 0 Å². The Morgan fingerprint density at radius 1 is 1.30 bits per heavy atom. The summed E-state index contributed by atoms with van der Waals surface area (Å²) in [5.41, 5.74) is 7.41. The Balaban J connectivity index is 1.69. The van der Waals surface area contributed by atoms with Crippen molar-refractivity contribution in [1.29, 1.82) is 0 Å². The van der Waals surface area contributed by atoms with Gasteiger partial charge in [-0.1, -0.05) is 6.92 Å². The highest BCUT2D eigenvalue weighted by Crippen LogP contribution is 2.36. The van der Waals surface area contributed by atoms with Crippen molar-refractivity contribution < 1.29 is 0 Å². The number of rotatable bonds is 9. The Kier molecular flexibility index (Phi) is 4.41. The second kappa shape index (κ2) is 6.27. The van der Waals surface area contributed by atoms with Crippen LogP contribution in [0.1, 0.15) is 50.6 Å². The molecule has 3 rings (SSSR count). The maximum Gasteiger partial charge on any atom is 0.0538 e. The first-order chi connectivity index (χ1) is 9.80. The second-order valence-electron chi connectivity index (χ2n) is 6.63. The number of hydrogen-bond donors (Lipinski definition) is 1. The molecule has 2 aliphatic rings. The van der Waals surface area contributed by atoms with Crippen LogP contribution in [0.25, 0.3) is 0 Å². The number of hydrogen-bond acceptors (Lipinski definition) is 3. The zero-order valence-corrected chi connectivity index (χ0v) is 12.7. The normalized spacial score (nSPS) is 20.6. The van der Waals surface area contributed by atoms with Crippen LogP contribution in [0.15, 0.2) is 12.4 Å². The predicted molar refractivity (Wildman–Crippen MR) is 81.3 cm³/mol. The molecule has 0 aliphatic heterocycles. The van der Waals surface area contributed by atoms with E-state index in [4.69, 9.17) is 5.73 Å². The molecule has 0 spiro atoms. The lowest BCUT2D eigenvalue weighted by Crippen LogP contribution is -2.36. The highest BCUT2D eigenvalue weighted by Gasteiger charge is 2.33. The highest BCUT2D eigenvalue weighted by atomic mass is 15.3. The standard InChI is InChI=1S/C16H28N4/c1-2-7-20-12-15(9-18-20)16(8-17)19(10-13-3-4-13)11-14-5-6-14/h9,12-14,16H,2-8,10-11,17H2,1H3. The van der Waals surface area contributed by atoms with E-state index >= 15 is 0 Å². The summed E-state index contributed by atoms with van der Waals surface area (Å²) in [6.45, 7) is 6.36. The van der Waals surface area contributed by atoms with E-state index in [1.807, 2.05) is 6.20 Å². The van der Waals surface area contributed by atoms with Crippen molar-refractivity contribution in [3.05, 3.63) is 18.0 Å². The van der Waals surface area contributed by atoms with E-state index in [0.717, 1.165) is 24.8 Å². The van der Waals surface area contributed by atoms with Crippen molar-refractivity contribution in [2.45, 2.75) is 51.6 Å².